The average Bonchev–Trinajstić information content (AvgIpc) is 2.35. The van der Waals surface area contributed by atoms with E-state index < -0.39 is 39.3 Å². The molecule has 2 N–H and O–H groups in total. The molecule has 0 spiro atoms. The Balaban J connectivity index is 3.10. The number of aliphatic hydroxyl groups is 1. The fourth-order valence-corrected chi connectivity index (χ4v) is 2.91. The second kappa shape index (κ2) is 6.11. The number of nitrogens with one attached hydrogen (secondary N) is 1. The van der Waals surface area contributed by atoms with Gasteiger partial charge in [-0.15, -0.1) is 0 Å². The van der Waals surface area contributed by atoms with Gasteiger partial charge in [0.15, 0.2) is 0 Å². The molecule has 1 aromatic carbocycles. The molecule has 8 heteroatoms. The molecule has 0 aliphatic rings. The number of halogens is 3. The largest absolute Gasteiger partial charge is 0.416 e. The van der Waals surface area contributed by atoms with Crippen LogP contribution in [-0.2, 0) is 16.2 Å². The maximum absolute atomic E-state index is 12.6. The van der Waals surface area contributed by atoms with Crippen LogP contribution in [0.5, 0.6) is 0 Å². The van der Waals surface area contributed by atoms with Crippen molar-refractivity contribution in [3.63, 3.8) is 0 Å². The number of alkyl halides is 3. The highest BCUT2D eigenvalue weighted by atomic mass is 32.2. The zero-order valence-corrected chi connectivity index (χ0v) is 11.8. The Morgan fingerprint density at radius 1 is 1.30 bits per heavy atom. The van der Waals surface area contributed by atoms with Crippen LogP contribution in [0.2, 0.25) is 0 Å². The maximum Gasteiger partial charge on any atom is 0.416 e. The Bertz CT molecular complexity index is 555. The standard InChI is InChI=1S/C12H16F3NO3S/c1-8(2)11(7-17)16-20(18,19)10-5-3-4-9(6-10)12(13,14)15/h3-6,8,11,16-17H,7H2,1-2H3/t11-/m1/s1. The minimum Gasteiger partial charge on any atom is -0.395 e. The molecule has 0 heterocycles. The molecule has 0 radical (unpaired) electrons. The molecule has 4 nitrogen and oxygen atoms in total. The van der Waals surface area contributed by atoms with Crippen molar-refractivity contribution in [1.29, 1.82) is 0 Å². The number of sulfonamides is 1. The van der Waals surface area contributed by atoms with E-state index in [-0.39, 0.29) is 5.92 Å². The van der Waals surface area contributed by atoms with E-state index >= 15 is 0 Å². The highest BCUT2D eigenvalue weighted by Crippen LogP contribution is 2.30. The molecule has 0 bridgehead atoms. The smallest absolute Gasteiger partial charge is 0.395 e. The molecule has 114 valence electrons. The molecular formula is C12H16F3NO3S. The van der Waals surface area contributed by atoms with E-state index in [2.05, 4.69) is 4.72 Å². The maximum atomic E-state index is 12.6. The van der Waals surface area contributed by atoms with Gasteiger partial charge in [0.25, 0.3) is 0 Å². The highest BCUT2D eigenvalue weighted by molar-refractivity contribution is 7.89. The van der Waals surface area contributed by atoms with Crippen LogP contribution in [0.4, 0.5) is 13.2 Å². The Labute approximate surface area is 115 Å². The topological polar surface area (TPSA) is 66.4 Å². The molecule has 0 unspecified atom stereocenters. The first-order chi connectivity index (χ1) is 9.08. The van der Waals surface area contributed by atoms with Gasteiger partial charge in [-0.3, -0.25) is 0 Å². The Hall–Kier alpha value is -1.12. The third-order valence-electron chi connectivity index (χ3n) is 2.78. The lowest BCUT2D eigenvalue weighted by Crippen LogP contribution is -2.41. The van der Waals surface area contributed by atoms with E-state index in [0.29, 0.717) is 6.07 Å². The van der Waals surface area contributed by atoms with E-state index in [0.717, 1.165) is 18.2 Å². The first kappa shape index (κ1) is 16.9. The van der Waals surface area contributed by atoms with E-state index in [1.165, 1.54) is 0 Å². The minimum atomic E-state index is -4.61. The van der Waals surface area contributed by atoms with Crippen LogP contribution >= 0.6 is 0 Å². The van der Waals surface area contributed by atoms with Crippen LogP contribution in [0.15, 0.2) is 29.2 Å². The van der Waals surface area contributed by atoms with Gasteiger partial charge in [0.05, 0.1) is 17.1 Å². The number of benzene rings is 1. The Morgan fingerprint density at radius 2 is 1.90 bits per heavy atom. The highest BCUT2D eigenvalue weighted by Gasteiger charge is 2.32. The van der Waals surface area contributed by atoms with Gasteiger partial charge >= 0.3 is 6.18 Å². The number of aliphatic hydroxyl groups excluding tert-OH is 1. The van der Waals surface area contributed by atoms with Gasteiger partial charge in [0.2, 0.25) is 10.0 Å². The monoisotopic (exact) mass is 311 g/mol. The summed E-state index contributed by atoms with van der Waals surface area (Å²) in [7, 11) is -4.11. The van der Waals surface area contributed by atoms with Crippen molar-refractivity contribution >= 4 is 10.0 Å². The van der Waals surface area contributed by atoms with Crippen molar-refractivity contribution in [2.24, 2.45) is 5.92 Å². The van der Waals surface area contributed by atoms with Gasteiger partial charge in [0.1, 0.15) is 0 Å². The van der Waals surface area contributed by atoms with Gasteiger partial charge in [-0.05, 0) is 24.1 Å². The van der Waals surface area contributed by atoms with Crippen molar-refractivity contribution in [2.45, 2.75) is 31.0 Å². The van der Waals surface area contributed by atoms with Crippen LogP contribution in [-0.4, -0.2) is 26.2 Å². The van der Waals surface area contributed by atoms with E-state index in [4.69, 9.17) is 5.11 Å². The second-order valence-corrected chi connectivity index (χ2v) is 6.39. The molecule has 0 saturated heterocycles. The normalized spacial score (nSPS) is 14.6. The van der Waals surface area contributed by atoms with Gasteiger partial charge in [-0.25, -0.2) is 13.1 Å². The summed E-state index contributed by atoms with van der Waals surface area (Å²) in [5.41, 5.74) is -1.04. The number of rotatable bonds is 5. The van der Waals surface area contributed by atoms with Crippen LogP contribution in [0.25, 0.3) is 0 Å². The van der Waals surface area contributed by atoms with Gasteiger partial charge in [-0.1, -0.05) is 19.9 Å². The van der Waals surface area contributed by atoms with Gasteiger partial charge < -0.3 is 5.11 Å². The summed E-state index contributed by atoms with van der Waals surface area (Å²) >= 11 is 0. The van der Waals surface area contributed by atoms with Crippen LogP contribution in [0.1, 0.15) is 19.4 Å². The fourth-order valence-electron chi connectivity index (χ4n) is 1.49. The zero-order chi connectivity index (χ0) is 15.6. The molecule has 0 fully saturated rings. The molecule has 0 amide bonds. The van der Waals surface area contributed by atoms with Gasteiger partial charge in [-0.2, -0.15) is 13.2 Å². The molecular weight excluding hydrogens is 295 g/mol. The van der Waals surface area contributed by atoms with Crippen LogP contribution < -0.4 is 4.72 Å². The molecule has 0 aliphatic heterocycles. The van der Waals surface area contributed by atoms with Gasteiger partial charge in [0, 0.05) is 6.04 Å². The predicted octanol–water partition coefficient (Wildman–Crippen LogP) is 2.00. The Morgan fingerprint density at radius 3 is 2.35 bits per heavy atom. The summed E-state index contributed by atoms with van der Waals surface area (Å²) in [6.45, 7) is 2.95. The predicted molar refractivity (Wildman–Crippen MR) is 67.5 cm³/mol. The van der Waals surface area contributed by atoms with Crippen molar-refractivity contribution in [2.75, 3.05) is 6.61 Å². The summed E-state index contributed by atoms with van der Waals surface area (Å²) in [6, 6.07) is 2.71. The van der Waals surface area contributed by atoms with E-state index in [1.54, 1.807) is 13.8 Å². The zero-order valence-electron chi connectivity index (χ0n) is 11.0. The molecule has 0 aromatic heterocycles. The SMILES string of the molecule is CC(C)[C@@H](CO)NS(=O)(=O)c1cccc(C(F)(F)F)c1. The quantitative estimate of drug-likeness (QED) is 0.874. The molecule has 1 atom stereocenters. The van der Waals surface area contributed by atoms with Crippen molar-refractivity contribution in [3.8, 4) is 0 Å². The van der Waals surface area contributed by atoms with Crippen molar-refractivity contribution < 1.29 is 26.7 Å². The lowest BCUT2D eigenvalue weighted by atomic mass is 10.1. The second-order valence-electron chi connectivity index (χ2n) is 4.68. The van der Waals surface area contributed by atoms with Crippen molar-refractivity contribution in [3.05, 3.63) is 29.8 Å². The number of hydrogen-bond acceptors (Lipinski definition) is 3. The van der Waals surface area contributed by atoms with E-state index in [9.17, 15) is 21.6 Å². The molecule has 1 aromatic rings. The third kappa shape index (κ3) is 4.19. The minimum absolute atomic E-state index is 0.194. The van der Waals surface area contributed by atoms with E-state index in [1.807, 2.05) is 0 Å². The Kier molecular flexibility index (Phi) is 5.17. The summed E-state index contributed by atoms with van der Waals surface area (Å²) in [5, 5.41) is 9.08. The molecule has 0 aliphatic carbocycles. The van der Waals surface area contributed by atoms with Crippen LogP contribution in [0.3, 0.4) is 0 Å². The fraction of sp³-hybridized carbons (Fsp3) is 0.500. The first-order valence-electron chi connectivity index (χ1n) is 5.88. The summed E-state index contributed by atoms with van der Waals surface area (Å²) < 4.78 is 63.9. The molecule has 1 rings (SSSR count). The summed E-state index contributed by atoms with van der Waals surface area (Å²) in [6.07, 6.45) is -4.61. The summed E-state index contributed by atoms with van der Waals surface area (Å²) in [5.74, 6) is -0.194. The first-order valence-corrected chi connectivity index (χ1v) is 7.36. The number of hydrogen-bond donors (Lipinski definition) is 2. The molecule has 0 saturated carbocycles. The average molecular weight is 311 g/mol. The molecule has 20 heavy (non-hydrogen) atoms. The van der Waals surface area contributed by atoms with Crippen molar-refractivity contribution in [1.82, 2.24) is 4.72 Å². The lowest BCUT2D eigenvalue weighted by molar-refractivity contribution is -0.137. The summed E-state index contributed by atoms with van der Waals surface area (Å²) in [4.78, 5) is -0.480. The lowest BCUT2D eigenvalue weighted by Gasteiger charge is -2.20. The van der Waals surface area contributed by atoms with Crippen LogP contribution in [0, 0.1) is 5.92 Å². The third-order valence-corrected chi connectivity index (χ3v) is 4.27.